The van der Waals surface area contributed by atoms with Crippen molar-refractivity contribution in [2.45, 2.75) is 27.7 Å². The van der Waals surface area contributed by atoms with Crippen LogP contribution >= 0.6 is 35.6 Å². The van der Waals surface area contributed by atoms with Gasteiger partial charge in [-0.1, -0.05) is 57.0 Å². The number of hydrogen-bond donors (Lipinski definition) is 0. The highest BCUT2D eigenvalue weighted by atomic mass is 35.5. The van der Waals surface area contributed by atoms with E-state index in [-0.39, 0.29) is 12.4 Å². The first kappa shape index (κ1) is 18.1. The number of hydrogen-bond acceptors (Lipinski definition) is 1. The molecule has 0 amide bonds. The van der Waals surface area contributed by atoms with Gasteiger partial charge in [-0.2, -0.15) is 0 Å². The Morgan fingerprint density at radius 1 is 0.905 bits per heavy atom. The van der Waals surface area contributed by atoms with Crippen LogP contribution in [-0.4, -0.2) is 17.4 Å². The molecule has 21 heavy (non-hydrogen) atoms. The number of nitrogens with zero attached hydrogens (tertiary/aromatic N) is 3. The number of benzene rings is 1. The summed E-state index contributed by atoms with van der Waals surface area (Å²) in [5.74, 6) is 1.04. The molecule has 0 aromatic heterocycles. The van der Waals surface area contributed by atoms with Crippen molar-refractivity contribution in [1.29, 1.82) is 0 Å². The molecule has 0 bridgehead atoms. The van der Waals surface area contributed by atoms with Gasteiger partial charge in [0, 0.05) is 0 Å². The molecule has 6 heteroatoms. The van der Waals surface area contributed by atoms with Crippen molar-refractivity contribution < 1.29 is 0 Å². The molecule has 2 rings (SSSR count). The van der Waals surface area contributed by atoms with Crippen LogP contribution in [0.1, 0.15) is 27.7 Å². The Labute approximate surface area is 141 Å². The van der Waals surface area contributed by atoms with Crippen LogP contribution in [0.15, 0.2) is 33.2 Å². The van der Waals surface area contributed by atoms with E-state index in [1.807, 2.05) is 0 Å². The second-order valence-corrected chi connectivity index (χ2v) is 6.10. The first-order chi connectivity index (χ1) is 9.40. The lowest BCUT2D eigenvalue weighted by molar-refractivity contribution is 0.862. The van der Waals surface area contributed by atoms with Gasteiger partial charge >= 0.3 is 0 Å². The van der Waals surface area contributed by atoms with Gasteiger partial charge in [0.1, 0.15) is 5.69 Å². The van der Waals surface area contributed by atoms with Crippen molar-refractivity contribution >= 4 is 58.7 Å². The Morgan fingerprint density at radius 2 is 1.33 bits per heavy atom. The van der Waals surface area contributed by atoms with Gasteiger partial charge in [-0.25, -0.2) is 15.0 Å². The maximum Gasteiger partial charge on any atom is 0.250 e. The number of para-hydroxylation sites is 1. The zero-order chi connectivity index (χ0) is 14.9. The molecule has 0 saturated carbocycles. The Balaban J connectivity index is 0.00000220. The lowest BCUT2D eigenvalue weighted by atomic mass is 9.96. The van der Waals surface area contributed by atoms with Crippen LogP contribution in [0.4, 0.5) is 5.69 Å². The second-order valence-electron chi connectivity index (χ2n) is 5.29. The van der Waals surface area contributed by atoms with Gasteiger partial charge in [-0.05, 0) is 24.0 Å². The summed E-state index contributed by atoms with van der Waals surface area (Å²) in [5, 5.41) is 0.999. The zero-order valence-corrected chi connectivity index (χ0v) is 14.7. The smallest absolute Gasteiger partial charge is 0.214 e. The molecule has 1 aliphatic heterocycles. The van der Waals surface area contributed by atoms with Crippen LogP contribution < -0.4 is 0 Å². The first-order valence-corrected chi connectivity index (χ1v) is 7.36. The average molecular weight is 347 g/mol. The van der Waals surface area contributed by atoms with Crippen molar-refractivity contribution in [2.75, 3.05) is 0 Å². The van der Waals surface area contributed by atoms with E-state index in [1.54, 1.807) is 18.2 Å². The third-order valence-electron chi connectivity index (χ3n) is 2.95. The molecule has 0 atom stereocenters. The second kappa shape index (κ2) is 7.39. The molecule has 1 aliphatic rings. The molecule has 0 unspecified atom stereocenters. The molecule has 0 spiro atoms. The van der Waals surface area contributed by atoms with Crippen molar-refractivity contribution in [3.63, 3.8) is 0 Å². The fourth-order valence-electron chi connectivity index (χ4n) is 1.95. The standard InChI is InChI=1S/C15H17Cl2N3.ClH/c1-8(2)12-13(9(3)4)19-15(18-12)20-14-10(16)6-5-7-11(14)17;/h5-9H,1-4H3;1H. The van der Waals surface area contributed by atoms with Crippen LogP contribution in [0.25, 0.3) is 0 Å². The SMILES string of the molecule is CC(C)C1=NC(=Nc2c(Cl)cccc2Cl)N=C1C(C)C.Cl. The minimum absolute atomic E-state index is 0. The van der Waals surface area contributed by atoms with E-state index in [0.29, 0.717) is 33.5 Å². The molecular formula is C15H18Cl3N3. The van der Waals surface area contributed by atoms with Gasteiger partial charge in [0.2, 0.25) is 0 Å². The molecule has 0 saturated heterocycles. The predicted molar refractivity (Wildman–Crippen MR) is 95.4 cm³/mol. The fraction of sp³-hybridized carbons (Fsp3) is 0.400. The Morgan fingerprint density at radius 3 is 1.71 bits per heavy atom. The predicted octanol–water partition coefficient (Wildman–Crippen LogP) is 5.61. The molecule has 0 N–H and O–H groups in total. The van der Waals surface area contributed by atoms with E-state index >= 15 is 0 Å². The van der Waals surface area contributed by atoms with E-state index in [1.165, 1.54) is 0 Å². The van der Waals surface area contributed by atoms with E-state index in [4.69, 9.17) is 23.2 Å². The zero-order valence-electron chi connectivity index (χ0n) is 12.4. The van der Waals surface area contributed by atoms with E-state index in [2.05, 4.69) is 42.7 Å². The minimum Gasteiger partial charge on any atom is -0.214 e. The van der Waals surface area contributed by atoms with Crippen molar-refractivity contribution in [2.24, 2.45) is 26.8 Å². The van der Waals surface area contributed by atoms with Crippen molar-refractivity contribution in [3.05, 3.63) is 28.2 Å². The molecule has 114 valence electrons. The van der Waals surface area contributed by atoms with Crippen molar-refractivity contribution in [3.8, 4) is 0 Å². The third-order valence-corrected chi connectivity index (χ3v) is 3.56. The van der Waals surface area contributed by atoms with Crippen LogP contribution in [0.2, 0.25) is 10.0 Å². The molecule has 0 fully saturated rings. The van der Waals surface area contributed by atoms with Gasteiger partial charge in [-0.15, -0.1) is 12.4 Å². The maximum atomic E-state index is 6.12. The fourth-order valence-corrected chi connectivity index (χ4v) is 2.43. The van der Waals surface area contributed by atoms with Gasteiger partial charge in [0.05, 0.1) is 21.5 Å². The summed E-state index contributed by atoms with van der Waals surface area (Å²) in [5.41, 5.74) is 2.50. The molecule has 1 heterocycles. The van der Waals surface area contributed by atoms with Crippen LogP contribution in [0.5, 0.6) is 0 Å². The van der Waals surface area contributed by atoms with Crippen molar-refractivity contribution in [1.82, 2.24) is 0 Å². The van der Waals surface area contributed by atoms with Gasteiger partial charge < -0.3 is 0 Å². The number of rotatable bonds is 3. The molecule has 0 radical (unpaired) electrons. The van der Waals surface area contributed by atoms with E-state index < -0.39 is 0 Å². The quantitative estimate of drug-likeness (QED) is 0.682. The van der Waals surface area contributed by atoms with Gasteiger partial charge in [0.15, 0.2) is 0 Å². The normalized spacial score (nSPS) is 14.2. The monoisotopic (exact) mass is 345 g/mol. The van der Waals surface area contributed by atoms with Crippen LogP contribution in [0, 0.1) is 11.8 Å². The highest BCUT2D eigenvalue weighted by Gasteiger charge is 2.23. The summed E-state index contributed by atoms with van der Waals surface area (Å²) in [6, 6.07) is 5.29. The highest BCUT2D eigenvalue weighted by Crippen LogP contribution is 2.33. The average Bonchev–Trinajstić information content (AvgIpc) is 2.78. The Bertz CT molecular complexity index is 570. The molecule has 3 nitrogen and oxygen atoms in total. The lowest BCUT2D eigenvalue weighted by Crippen LogP contribution is -2.22. The summed E-state index contributed by atoms with van der Waals surface area (Å²) in [6.07, 6.45) is 0. The number of aliphatic imine (C=N–C) groups is 3. The summed E-state index contributed by atoms with van der Waals surface area (Å²) in [7, 11) is 0. The van der Waals surface area contributed by atoms with Gasteiger partial charge in [0.25, 0.3) is 5.96 Å². The minimum atomic E-state index is 0. The van der Waals surface area contributed by atoms with E-state index in [0.717, 1.165) is 11.4 Å². The molecule has 1 aromatic rings. The first-order valence-electron chi connectivity index (χ1n) is 6.60. The summed E-state index contributed by atoms with van der Waals surface area (Å²) < 4.78 is 0. The van der Waals surface area contributed by atoms with Crippen LogP contribution in [-0.2, 0) is 0 Å². The topological polar surface area (TPSA) is 37.1 Å². The Kier molecular flexibility index (Phi) is 6.39. The molecule has 1 aromatic carbocycles. The molecular weight excluding hydrogens is 329 g/mol. The Hall–Kier alpha value is -0.900. The summed E-state index contributed by atoms with van der Waals surface area (Å²) >= 11 is 12.2. The van der Waals surface area contributed by atoms with Gasteiger partial charge in [-0.3, -0.25) is 0 Å². The lowest BCUT2D eigenvalue weighted by Gasteiger charge is -2.09. The third kappa shape index (κ3) is 4.06. The van der Waals surface area contributed by atoms with Crippen LogP contribution in [0.3, 0.4) is 0 Å². The number of halogens is 3. The molecule has 0 aliphatic carbocycles. The van der Waals surface area contributed by atoms with E-state index in [9.17, 15) is 0 Å². The number of guanidine groups is 1. The highest BCUT2D eigenvalue weighted by molar-refractivity contribution is 6.49. The summed E-state index contributed by atoms with van der Waals surface area (Å²) in [6.45, 7) is 8.40. The summed E-state index contributed by atoms with van der Waals surface area (Å²) in [4.78, 5) is 13.4. The maximum absolute atomic E-state index is 6.12. The largest absolute Gasteiger partial charge is 0.250 e.